The number of rotatable bonds is 3. The first-order valence-electron chi connectivity index (χ1n) is 12.1. The SMILES string of the molecule is C1COPOC1.CC.Cc1cc(O)cc(C)c1Cc1ccc(O)c(C(C)C)c1.Clc1ccccc1. The van der Waals surface area contributed by atoms with Crippen LogP contribution in [0.4, 0.5) is 0 Å². The van der Waals surface area contributed by atoms with Crippen molar-refractivity contribution in [2.75, 3.05) is 13.2 Å². The molecule has 35 heavy (non-hydrogen) atoms. The Morgan fingerprint density at radius 1 is 0.886 bits per heavy atom. The monoisotopic (exact) mass is 518 g/mol. The quantitative estimate of drug-likeness (QED) is 0.340. The van der Waals surface area contributed by atoms with Crippen molar-refractivity contribution < 1.29 is 19.3 Å². The summed E-state index contributed by atoms with van der Waals surface area (Å²) in [5, 5.41) is 20.3. The summed E-state index contributed by atoms with van der Waals surface area (Å²) >= 11 is 5.54. The molecule has 0 bridgehead atoms. The maximum atomic E-state index is 9.88. The highest BCUT2D eigenvalue weighted by Gasteiger charge is 2.10. The van der Waals surface area contributed by atoms with Crippen LogP contribution in [0.25, 0.3) is 0 Å². The number of hydrogen-bond donors (Lipinski definition) is 2. The topological polar surface area (TPSA) is 58.9 Å². The molecule has 192 valence electrons. The Labute approximate surface area is 218 Å². The summed E-state index contributed by atoms with van der Waals surface area (Å²) in [5.41, 5.74) is 5.60. The number of aromatic hydroxyl groups is 2. The van der Waals surface area contributed by atoms with Crippen molar-refractivity contribution in [3.05, 3.63) is 93.5 Å². The third-order valence-electron chi connectivity index (χ3n) is 5.12. The van der Waals surface area contributed by atoms with Crippen molar-refractivity contribution >= 4 is 20.6 Å². The van der Waals surface area contributed by atoms with Gasteiger partial charge in [0, 0.05) is 5.02 Å². The maximum absolute atomic E-state index is 9.88. The molecule has 3 aromatic rings. The van der Waals surface area contributed by atoms with Gasteiger partial charge in [0.05, 0.1) is 13.2 Å². The number of benzene rings is 3. The molecule has 6 heteroatoms. The molecule has 1 saturated heterocycles. The fourth-order valence-electron chi connectivity index (χ4n) is 3.37. The van der Waals surface area contributed by atoms with Crippen molar-refractivity contribution in [1.82, 2.24) is 0 Å². The summed E-state index contributed by atoms with van der Waals surface area (Å²) in [6, 6.07) is 18.9. The van der Waals surface area contributed by atoms with E-state index in [4.69, 9.17) is 20.6 Å². The fourth-order valence-corrected chi connectivity index (χ4v) is 4.06. The Morgan fingerprint density at radius 3 is 1.86 bits per heavy atom. The van der Waals surface area contributed by atoms with Crippen molar-refractivity contribution in [1.29, 1.82) is 0 Å². The van der Waals surface area contributed by atoms with Crippen LogP contribution in [0.1, 0.15) is 67.9 Å². The highest BCUT2D eigenvalue weighted by Crippen LogP contribution is 2.29. The number of hydrogen-bond acceptors (Lipinski definition) is 4. The summed E-state index contributed by atoms with van der Waals surface area (Å²) in [7, 11) is 0.302. The molecular weight excluding hydrogens is 479 g/mol. The summed E-state index contributed by atoms with van der Waals surface area (Å²) in [4.78, 5) is 0. The molecule has 0 saturated carbocycles. The highest BCUT2D eigenvalue weighted by atomic mass is 35.5. The third-order valence-corrected chi connectivity index (χ3v) is 6.02. The fraction of sp³-hybridized carbons (Fsp3) is 0.379. The van der Waals surface area contributed by atoms with E-state index in [0.29, 0.717) is 26.5 Å². The summed E-state index contributed by atoms with van der Waals surface area (Å²) in [6.07, 6.45) is 1.88. The molecule has 3 aromatic carbocycles. The molecule has 0 atom stereocenters. The minimum atomic E-state index is 0.302. The van der Waals surface area contributed by atoms with Crippen LogP contribution in [-0.2, 0) is 15.5 Å². The molecule has 1 fully saturated rings. The average Bonchev–Trinajstić information content (AvgIpc) is 2.86. The molecule has 4 rings (SSSR count). The number of phenols is 2. The van der Waals surface area contributed by atoms with Gasteiger partial charge < -0.3 is 19.3 Å². The van der Waals surface area contributed by atoms with Gasteiger partial charge in [0.15, 0.2) is 9.03 Å². The predicted molar refractivity (Wildman–Crippen MR) is 150 cm³/mol. The summed E-state index contributed by atoms with van der Waals surface area (Å²) < 4.78 is 9.75. The smallest absolute Gasteiger partial charge is 0.155 e. The lowest BCUT2D eigenvalue weighted by Gasteiger charge is -2.14. The molecule has 0 radical (unpaired) electrons. The van der Waals surface area contributed by atoms with Crippen molar-refractivity contribution in [2.24, 2.45) is 0 Å². The number of halogens is 1. The Balaban J connectivity index is 0.000000330. The van der Waals surface area contributed by atoms with E-state index in [1.807, 2.05) is 64.1 Å². The van der Waals surface area contributed by atoms with Crippen LogP contribution in [-0.4, -0.2) is 23.4 Å². The highest BCUT2D eigenvalue weighted by molar-refractivity contribution is 7.26. The van der Waals surface area contributed by atoms with E-state index in [0.717, 1.165) is 47.8 Å². The normalized spacial score (nSPS) is 12.3. The predicted octanol–water partition coefficient (Wildman–Crippen LogP) is 8.73. The molecule has 4 nitrogen and oxygen atoms in total. The zero-order chi connectivity index (χ0) is 26.2. The van der Waals surface area contributed by atoms with Crippen LogP contribution < -0.4 is 0 Å². The Bertz CT molecular complexity index is 955. The van der Waals surface area contributed by atoms with E-state index in [9.17, 15) is 10.2 Å². The first kappa shape index (κ1) is 30.9. The minimum absolute atomic E-state index is 0.302. The van der Waals surface area contributed by atoms with E-state index < -0.39 is 0 Å². The van der Waals surface area contributed by atoms with Gasteiger partial charge >= 0.3 is 0 Å². The van der Waals surface area contributed by atoms with Gasteiger partial charge in [-0.05, 0) is 90.8 Å². The molecule has 1 heterocycles. The van der Waals surface area contributed by atoms with Crippen LogP contribution in [0.2, 0.25) is 5.02 Å². The molecular formula is C29H40ClO4P. The first-order valence-corrected chi connectivity index (χ1v) is 13.3. The van der Waals surface area contributed by atoms with E-state index in [2.05, 4.69) is 19.9 Å². The van der Waals surface area contributed by atoms with Gasteiger partial charge in [-0.1, -0.05) is 69.6 Å². The first-order chi connectivity index (χ1) is 16.8. The second-order valence-electron chi connectivity index (χ2n) is 8.21. The van der Waals surface area contributed by atoms with Crippen LogP contribution in [0.5, 0.6) is 11.5 Å². The minimum Gasteiger partial charge on any atom is -0.508 e. The largest absolute Gasteiger partial charge is 0.508 e. The summed E-state index contributed by atoms with van der Waals surface area (Å²) in [6.45, 7) is 14.0. The Morgan fingerprint density at radius 2 is 1.46 bits per heavy atom. The standard InChI is InChI=1S/C18H22O2.C6H5Cl.C3H7O2P.C2H6/c1-11(2)16-9-14(5-6-18(16)20)10-17-12(3)7-15(19)8-13(17)4;7-6-4-2-1-3-5-6;1-2-4-6-5-3-1;1-2/h5-9,11,19-20H,10H2,1-4H3;1-5H;6H,1-3H2;1-2H3. The van der Waals surface area contributed by atoms with Crippen LogP contribution in [0, 0.1) is 13.8 Å². The van der Waals surface area contributed by atoms with Gasteiger partial charge in [-0.2, -0.15) is 0 Å². The Hall–Kier alpha value is -2.10. The molecule has 1 aliphatic rings. The Kier molecular flexibility index (Phi) is 15.3. The lowest BCUT2D eigenvalue weighted by Crippen LogP contribution is -1.98. The molecule has 0 unspecified atom stereocenters. The van der Waals surface area contributed by atoms with Crippen molar-refractivity contribution in [3.8, 4) is 11.5 Å². The van der Waals surface area contributed by atoms with E-state index in [-0.39, 0.29) is 0 Å². The van der Waals surface area contributed by atoms with Gasteiger partial charge in [-0.15, -0.1) is 0 Å². The third kappa shape index (κ3) is 11.9. The second-order valence-corrected chi connectivity index (χ2v) is 9.39. The molecule has 2 N–H and O–H groups in total. The van der Waals surface area contributed by atoms with E-state index in [1.165, 1.54) is 11.1 Å². The van der Waals surface area contributed by atoms with Gasteiger partial charge in [-0.25, -0.2) is 0 Å². The van der Waals surface area contributed by atoms with E-state index >= 15 is 0 Å². The second kappa shape index (κ2) is 17.3. The zero-order valence-electron chi connectivity index (χ0n) is 21.8. The molecule has 0 aromatic heterocycles. The molecule has 0 aliphatic carbocycles. The molecule has 0 spiro atoms. The number of aryl methyl sites for hydroxylation is 2. The van der Waals surface area contributed by atoms with Gasteiger partial charge in [0.2, 0.25) is 0 Å². The van der Waals surface area contributed by atoms with Crippen LogP contribution >= 0.6 is 20.6 Å². The van der Waals surface area contributed by atoms with Crippen molar-refractivity contribution in [3.63, 3.8) is 0 Å². The van der Waals surface area contributed by atoms with E-state index in [1.54, 1.807) is 18.2 Å². The molecule has 1 aliphatic heterocycles. The van der Waals surface area contributed by atoms with Crippen LogP contribution in [0.15, 0.2) is 60.7 Å². The van der Waals surface area contributed by atoms with Gasteiger partial charge in [-0.3, -0.25) is 0 Å². The van der Waals surface area contributed by atoms with Gasteiger partial charge in [0.1, 0.15) is 11.5 Å². The molecule has 0 amide bonds. The van der Waals surface area contributed by atoms with Gasteiger partial charge in [0.25, 0.3) is 0 Å². The van der Waals surface area contributed by atoms with Crippen molar-refractivity contribution in [2.45, 2.75) is 60.3 Å². The van der Waals surface area contributed by atoms with Crippen LogP contribution in [0.3, 0.4) is 0 Å². The summed E-state index contributed by atoms with van der Waals surface area (Å²) in [5.74, 6) is 0.984. The maximum Gasteiger partial charge on any atom is 0.155 e. The number of phenolic OH excluding ortho intramolecular Hbond substituents is 2. The lowest BCUT2D eigenvalue weighted by atomic mass is 9.93. The zero-order valence-corrected chi connectivity index (χ0v) is 23.5. The average molecular weight is 519 g/mol. The lowest BCUT2D eigenvalue weighted by molar-refractivity contribution is 0.197.